The Balaban J connectivity index is 2.62. The number of nitrogens with zero attached hydrogens (tertiary/aromatic N) is 3. The van der Waals surface area contributed by atoms with Gasteiger partial charge in [0.1, 0.15) is 17.9 Å². The van der Waals surface area contributed by atoms with Crippen molar-refractivity contribution in [3.05, 3.63) is 35.9 Å². The van der Waals surface area contributed by atoms with Gasteiger partial charge in [-0.15, -0.1) is 10.2 Å². The molecule has 0 aliphatic heterocycles. The van der Waals surface area contributed by atoms with Crippen molar-refractivity contribution in [2.45, 2.75) is 19.8 Å². The van der Waals surface area contributed by atoms with E-state index in [9.17, 15) is 4.79 Å². The van der Waals surface area contributed by atoms with Crippen LogP contribution < -0.4 is 4.74 Å². The zero-order valence-electron chi connectivity index (χ0n) is 11.0. The van der Waals surface area contributed by atoms with E-state index in [1.807, 2.05) is 13.8 Å². The predicted molar refractivity (Wildman–Crippen MR) is 69.0 cm³/mol. The number of hydrogen-bond acceptors (Lipinski definition) is 4. The minimum absolute atomic E-state index is 0.167. The molecule has 19 heavy (non-hydrogen) atoms. The summed E-state index contributed by atoms with van der Waals surface area (Å²) in [4.78, 5) is 11.1. The second kappa shape index (κ2) is 5.09. The molecule has 1 aromatic heterocycles. The summed E-state index contributed by atoms with van der Waals surface area (Å²) in [7, 11) is 1.54. The van der Waals surface area contributed by atoms with Gasteiger partial charge in [-0.3, -0.25) is 4.57 Å². The Morgan fingerprint density at radius 1 is 1.42 bits per heavy atom. The molecule has 0 saturated heterocycles. The van der Waals surface area contributed by atoms with Crippen molar-refractivity contribution >= 4 is 5.97 Å². The van der Waals surface area contributed by atoms with Crippen LogP contribution in [0.4, 0.5) is 0 Å². The summed E-state index contributed by atoms with van der Waals surface area (Å²) in [6, 6.07) is 4.68. The van der Waals surface area contributed by atoms with Crippen LogP contribution in [0, 0.1) is 0 Å². The summed E-state index contributed by atoms with van der Waals surface area (Å²) in [6.07, 6.45) is 1.55. The number of rotatable bonds is 4. The van der Waals surface area contributed by atoms with Gasteiger partial charge in [0.25, 0.3) is 0 Å². The van der Waals surface area contributed by atoms with Crippen LogP contribution in [-0.2, 0) is 0 Å². The van der Waals surface area contributed by atoms with Crippen LogP contribution in [0.15, 0.2) is 24.5 Å². The maximum Gasteiger partial charge on any atom is 0.335 e. The van der Waals surface area contributed by atoms with Crippen LogP contribution >= 0.6 is 0 Å². The maximum absolute atomic E-state index is 11.1. The van der Waals surface area contributed by atoms with Crippen LogP contribution in [0.1, 0.15) is 35.9 Å². The number of hydrogen-bond donors (Lipinski definition) is 1. The molecule has 1 N–H and O–H groups in total. The molecule has 0 aliphatic carbocycles. The molecule has 0 unspecified atom stereocenters. The summed E-state index contributed by atoms with van der Waals surface area (Å²) in [5.41, 5.74) is 0.815. The third-order valence-corrected chi connectivity index (χ3v) is 2.78. The van der Waals surface area contributed by atoms with Gasteiger partial charge in [0.15, 0.2) is 0 Å². The Bertz CT molecular complexity index is 605. The van der Waals surface area contributed by atoms with Crippen LogP contribution in [0.25, 0.3) is 5.69 Å². The largest absolute Gasteiger partial charge is 0.495 e. The van der Waals surface area contributed by atoms with Crippen molar-refractivity contribution in [2.24, 2.45) is 0 Å². The fourth-order valence-corrected chi connectivity index (χ4v) is 1.83. The van der Waals surface area contributed by atoms with E-state index in [1.165, 1.54) is 6.07 Å². The van der Waals surface area contributed by atoms with Gasteiger partial charge in [-0.05, 0) is 18.2 Å². The van der Waals surface area contributed by atoms with Gasteiger partial charge in [0.2, 0.25) is 0 Å². The first-order valence-electron chi connectivity index (χ1n) is 5.86. The van der Waals surface area contributed by atoms with Crippen LogP contribution in [0.2, 0.25) is 0 Å². The number of aromatic nitrogens is 3. The van der Waals surface area contributed by atoms with E-state index in [4.69, 9.17) is 9.84 Å². The quantitative estimate of drug-likeness (QED) is 0.911. The van der Waals surface area contributed by atoms with Gasteiger partial charge in [0.05, 0.1) is 18.4 Å². The van der Waals surface area contributed by atoms with Gasteiger partial charge in [-0.25, -0.2) is 4.79 Å². The molecule has 2 rings (SSSR count). The number of carboxylic acids is 1. The molecule has 0 saturated carbocycles. The lowest BCUT2D eigenvalue weighted by Gasteiger charge is -2.13. The number of carbonyl (C=O) groups is 1. The Hall–Kier alpha value is -2.37. The standard InChI is InChI=1S/C13H15N3O3/c1-8(2)12-15-14-7-16(12)10-6-9(13(17)18)4-5-11(10)19-3/h4-8H,1-3H3,(H,17,18). The average molecular weight is 261 g/mol. The summed E-state index contributed by atoms with van der Waals surface area (Å²) < 4.78 is 7.02. The third-order valence-electron chi connectivity index (χ3n) is 2.78. The van der Waals surface area contributed by atoms with Gasteiger partial charge in [-0.1, -0.05) is 13.8 Å². The second-order valence-electron chi connectivity index (χ2n) is 4.41. The molecule has 1 aromatic carbocycles. The highest BCUT2D eigenvalue weighted by molar-refractivity contribution is 5.88. The molecule has 0 fully saturated rings. The number of methoxy groups -OCH3 is 1. The summed E-state index contributed by atoms with van der Waals surface area (Å²) in [6.45, 7) is 3.99. The summed E-state index contributed by atoms with van der Waals surface area (Å²) >= 11 is 0. The molecule has 0 spiro atoms. The molecule has 0 amide bonds. The highest BCUT2D eigenvalue weighted by Crippen LogP contribution is 2.26. The van der Waals surface area contributed by atoms with Crippen molar-refractivity contribution in [3.63, 3.8) is 0 Å². The number of carboxylic acid groups (broad SMARTS) is 1. The van der Waals surface area contributed by atoms with E-state index in [0.717, 1.165) is 5.82 Å². The first-order chi connectivity index (χ1) is 9.04. The fourth-order valence-electron chi connectivity index (χ4n) is 1.83. The molecule has 0 radical (unpaired) electrons. The van der Waals surface area contributed by atoms with Gasteiger partial charge < -0.3 is 9.84 Å². The summed E-state index contributed by atoms with van der Waals surface area (Å²) in [5, 5.41) is 17.0. The Labute approximate surface area is 110 Å². The third kappa shape index (κ3) is 2.42. The van der Waals surface area contributed by atoms with E-state index in [1.54, 1.807) is 30.1 Å². The second-order valence-corrected chi connectivity index (χ2v) is 4.41. The minimum Gasteiger partial charge on any atom is -0.495 e. The van der Waals surface area contributed by atoms with Gasteiger partial charge in [0, 0.05) is 5.92 Å². The van der Waals surface area contributed by atoms with E-state index in [-0.39, 0.29) is 11.5 Å². The van der Waals surface area contributed by atoms with E-state index >= 15 is 0 Å². The van der Waals surface area contributed by atoms with Crippen molar-refractivity contribution in [2.75, 3.05) is 7.11 Å². The maximum atomic E-state index is 11.1. The molecule has 2 aromatic rings. The van der Waals surface area contributed by atoms with Crippen LogP contribution in [-0.4, -0.2) is 33.0 Å². The van der Waals surface area contributed by atoms with Crippen molar-refractivity contribution in [1.82, 2.24) is 14.8 Å². The zero-order valence-corrected chi connectivity index (χ0v) is 11.0. The van der Waals surface area contributed by atoms with E-state index < -0.39 is 5.97 Å². The Morgan fingerprint density at radius 2 is 2.16 bits per heavy atom. The van der Waals surface area contributed by atoms with Crippen LogP contribution in [0.3, 0.4) is 0 Å². The smallest absolute Gasteiger partial charge is 0.335 e. The highest BCUT2D eigenvalue weighted by atomic mass is 16.5. The number of ether oxygens (including phenoxy) is 1. The first kappa shape index (κ1) is 13.1. The topological polar surface area (TPSA) is 77.2 Å². The molecule has 6 nitrogen and oxygen atoms in total. The first-order valence-corrected chi connectivity index (χ1v) is 5.86. The van der Waals surface area contributed by atoms with Crippen molar-refractivity contribution in [3.8, 4) is 11.4 Å². The van der Waals surface area contributed by atoms with Crippen LogP contribution in [0.5, 0.6) is 5.75 Å². The Morgan fingerprint density at radius 3 is 2.74 bits per heavy atom. The lowest BCUT2D eigenvalue weighted by atomic mass is 10.1. The zero-order chi connectivity index (χ0) is 14.0. The molecule has 0 aliphatic rings. The minimum atomic E-state index is -0.983. The fraction of sp³-hybridized carbons (Fsp3) is 0.308. The van der Waals surface area contributed by atoms with Crippen molar-refractivity contribution < 1.29 is 14.6 Å². The lowest BCUT2D eigenvalue weighted by Crippen LogP contribution is -2.06. The molecule has 1 heterocycles. The molecular weight excluding hydrogens is 246 g/mol. The number of benzene rings is 1. The molecule has 0 bridgehead atoms. The Kier molecular flexibility index (Phi) is 3.50. The molecule has 0 atom stereocenters. The van der Waals surface area contributed by atoms with E-state index in [0.29, 0.717) is 11.4 Å². The number of aromatic carboxylic acids is 1. The van der Waals surface area contributed by atoms with Gasteiger partial charge in [-0.2, -0.15) is 0 Å². The SMILES string of the molecule is COc1ccc(C(=O)O)cc1-n1cnnc1C(C)C. The highest BCUT2D eigenvalue weighted by Gasteiger charge is 2.15. The normalized spacial score (nSPS) is 10.7. The molecular formula is C13H15N3O3. The van der Waals surface area contributed by atoms with Crippen molar-refractivity contribution in [1.29, 1.82) is 0 Å². The molecule has 6 heteroatoms. The van der Waals surface area contributed by atoms with Gasteiger partial charge >= 0.3 is 5.97 Å². The average Bonchev–Trinajstić information content (AvgIpc) is 2.87. The van der Waals surface area contributed by atoms with E-state index in [2.05, 4.69) is 10.2 Å². The molecule has 100 valence electrons. The summed E-state index contributed by atoms with van der Waals surface area (Å²) in [5.74, 6) is 0.510. The monoisotopic (exact) mass is 261 g/mol. The predicted octanol–water partition coefficient (Wildman–Crippen LogP) is 2.10. The lowest BCUT2D eigenvalue weighted by molar-refractivity contribution is 0.0697.